The summed E-state index contributed by atoms with van der Waals surface area (Å²) in [5.74, 6) is 0. The highest BCUT2D eigenvalue weighted by molar-refractivity contribution is 5.43. The number of pyridine rings is 1. The van der Waals surface area contributed by atoms with E-state index in [4.69, 9.17) is 5.73 Å². The number of rotatable bonds is 3. The number of aromatic nitrogens is 1. The van der Waals surface area contributed by atoms with Gasteiger partial charge in [0.05, 0.1) is 0 Å². The molecule has 0 amide bonds. The molecule has 0 bridgehead atoms. The van der Waals surface area contributed by atoms with E-state index in [0.29, 0.717) is 5.56 Å². The summed E-state index contributed by atoms with van der Waals surface area (Å²) in [6.45, 7) is 5.91. The van der Waals surface area contributed by atoms with Gasteiger partial charge in [0.25, 0.3) is 0 Å². The minimum atomic E-state index is -0.256. The molecule has 1 aromatic heterocycles. The van der Waals surface area contributed by atoms with E-state index >= 15 is 0 Å². The molecule has 0 aliphatic heterocycles. The van der Waals surface area contributed by atoms with Crippen molar-refractivity contribution >= 4 is 0 Å². The van der Waals surface area contributed by atoms with Gasteiger partial charge in [-0.05, 0) is 31.9 Å². The van der Waals surface area contributed by atoms with E-state index in [0.717, 1.165) is 17.8 Å². The van der Waals surface area contributed by atoms with E-state index in [1.165, 1.54) is 5.56 Å². The standard InChI is InChI=1S/C16H20N2O/c1-4-13-7-5-6-8-15(13)18-10-14(12(3)17)16(19)9-11(18)2/h5-10,12H,4,17H2,1-3H3. The summed E-state index contributed by atoms with van der Waals surface area (Å²) in [7, 11) is 0. The lowest BCUT2D eigenvalue weighted by Crippen LogP contribution is -2.20. The van der Waals surface area contributed by atoms with Gasteiger partial charge in [0.15, 0.2) is 5.43 Å². The highest BCUT2D eigenvalue weighted by atomic mass is 16.1. The van der Waals surface area contributed by atoms with Gasteiger partial charge in [-0.25, -0.2) is 0 Å². The fourth-order valence-electron chi connectivity index (χ4n) is 2.29. The van der Waals surface area contributed by atoms with Crippen LogP contribution in [-0.4, -0.2) is 4.57 Å². The van der Waals surface area contributed by atoms with E-state index in [9.17, 15) is 4.79 Å². The van der Waals surface area contributed by atoms with Crippen LogP contribution in [0, 0.1) is 6.92 Å². The van der Waals surface area contributed by atoms with Crippen molar-refractivity contribution in [1.29, 1.82) is 0 Å². The van der Waals surface area contributed by atoms with Gasteiger partial charge in [-0.3, -0.25) is 4.79 Å². The fraction of sp³-hybridized carbons (Fsp3) is 0.312. The molecule has 1 heterocycles. The molecule has 1 atom stereocenters. The summed E-state index contributed by atoms with van der Waals surface area (Å²) in [5, 5.41) is 0. The zero-order valence-electron chi connectivity index (χ0n) is 11.7. The molecule has 0 saturated carbocycles. The van der Waals surface area contributed by atoms with Gasteiger partial charge in [-0.2, -0.15) is 0 Å². The van der Waals surface area contributed by atoms with Crippen molar-refractivity contribution in [2.24, 2.45) is 5.73 Å². The summed E-state index contributed by atoms with van der Waals surface area (Å²) in [4.78, 5) is 11.9. The van der Waals surface area contributed by atoms with Gasteiger partial charge in [-0.1, -0.05) is 25.1 Å². The second-order valence-corrected chi connectivity index (χ2v) is 4.88. The Morgan fingerprint density at radius 1 is 1.32 bits per heavy atom. The van der Waals surface area contributed by atoms with E-state index in [1.54, 1.807) is 6.07 Å². The van der Waals surface area contributed by atoms with Gasteiger partial charge in [0.1, 0.15) is 0 Å². The molecule has 1 aromatic carbocycles. The van der Waals surface area contributed by atoms with Crippen molar-refractivity contribution in [3.63, 3.8) is 0 Å². The normalized spacial score (nSPS) is 12.4. The Hall–Kier alpha value is -1.87. The largest absolute Gasteiger partial charge is 0.324 e. The number of hydrogen-bond acceptors (Lipinski definition) is 2. The lowest BCUT2D eigenvalue weighted by atomic mass is 10.1. The van der Waals surface area contributed by atoms with Crippen molar-refractivity contribution in [1.82, 2.24) is 4.57 Å². The van der Waals surface area contributed by atoms with Crippen LogP contribution in [0.4, 0.5) is 0 Å². The smallest absolute Gasteiger partial charge is 0.186 e. The Morgan fingerprint density at radius 3 is 2.63 bits per heavy atom. The van der Waals surface area contributed by atoms with Gasteiger partial charge in [-0.15, -0.1) is 0 Å². The maximum Gasteiger partial charge on any atom is 0.186 e. The summed E-state index contributed by atoms with van der Waals surface area (Å²) >= 11 is 0. The number of nitrogens with two attached hydrogens (primary N) is 1. The molecule has 19 heavy (non-hydrogen) atoms. The first-order chi connectivity index (χ1) is 9.04. The van der Waals surface area contributed by atoms with Crippen LogP contribution in [0.2, 0.25) is 0 Å². The maximum absolute atomic E-state index is 11.9. The van der Waals surface area contributed by atoms with Crippen molar-refractivity contribution in [3.05, 3.63) is 63.6 Å². The predicted octanol–water partition coefficient (Wildman–Crippen LogP) is 2.73. The monoisotopic (exact) mass is 256 g/mol. The SMILES string of the molecule is CCc1ccccc1-n1cc(C(C)N)c(=O)cc1C. The highest BCUT2D eigenvalue weighted by Gasteiger charge is 2.10. The number of nitrogens with zero attached hydrogens (tertiary/aromatic N) is 1. The number of aryl methyl sites for hydroxylation is 2. The van der Waals surface area contributed by atoms with Crippen LogP contribution in [0.3, 0.4) is 0 Å². The lowest BCUT2D eigenvalue weighted by molar-refractivity contribution is 0.785. The molecule has 3 nitrogen and oxygen atoms in total. The summed E-state index contributed by atoms with van der Waals surface area (Å²) in [6.07, 6.45) is 2.83. The first-order valence-corrected chi connectivity index (χ1v) is 6.61. The zero-order valence-corrected chi connectivity index (χ0v) is 11.7. The van der Waals surface area contributed by atoms with Crippen molar-refractivity contribution < 1.29 is 0 Å². The predicted molar refractivity (Wildman–Crippen MR) is 78.8 cm³/mol. The second-order valence-electron chi connectivity index (χ2n) is 4.88. The van der Waals surface area contributed by atoms with Crippen LogP contribution in [0.25, 0.3) is 5.69 Å². The van der Waals surface area contributed by atoms with E-state index < -0.39 is 0 Å². The first-order valence-electron chi connectivity index (χ1n) is 6.61. The van der Waals surface area contributed by atoms with E-state index in [-0.39, 0.29) is 11.5 Å². The molecule has 0 aliphatic rings. The van der Waals surface area contributed by atoms with Crippen LogP contribution in [0.5, 0.6) is 0 Å². The topological polar surface area (TPSA) is 48.0 Å². The summed E-state index contributed by atoms with van der Waals surface area (Å²) in [5.41, 5.74) is 9.83. The minimum Gasteiger partial charge on any atom is -0.324 e. The third-order valence-corrected chi connectivity index (χ3v) is 3.40. The van der Waals surface area contributed by atoms with Crippen molar-refractivity contribution in [2.75, 3.05) is 0 Å². The summed E-state index contributed by atoms with van der Waals surface area (Å²) < 4.78 is 2.05. The van der Waals surface area contributed by atoms with Crippen LogP contribution in [-0.2, 0) is 6.42 Å². The lowest BCUT2D eigenvalue weighted by Gasteiger charge is -2.17. The van der Waals surface area contributed by atoms with Crippen molar-refractivity contribution in [3.8, 4) is 5.69 Å². The molecule has 2 rings (SSSR count). The molecule has 0 radical (unpaired) electrons. The molecular weight excluding hydrogens is 236 g/mol. The van der Waals surface area contributed by atoms with Crippen LogP contribution < -0.4 is 11.2 Å². The number of hydrogen-bond donors (Lipinski definition) is 1. The Bertz CT molecular complexity index is 641. The van der Waals surface area contributed by atoms with Gasteiger partial charge >= 0.3 is 0 Å². The summed E-state index contributed by atoms with van der Waals surface area (Å²) in [6, 6.07) is 9.63. The average molecular weight is 256 g/mol. The molecule has 1 unspecified atom stereocenters. The molecular formula is C16H20N2O. The zero-order chi connectivity index (χ0) is 14.0. The molecule has 0 fully saturated rings. The molecule has 0 saturated heterocycles. The Kier molecular flexibility index (Phi) is 3.86. The van der Waals surface area contributed by atoms with Crippen LogP contribution in [0.15, 0.2) is 41.3 Å². The highest BCUT2D eigenvalue weighted by Crippen LogP contribution is 2.18. The fourth-order valence-corrected chi connectivity index (χ4v) is 2.29. The van der Waals surface area contributed by atoms with Gasteiger partial charge in [0.2, 0.25) is 0 Å². The molecule has 0 spiro atoms. The number of para-hydroxylation sites is 1. The van der Waals surface area contributed by atoms with Crippen LogP contribution in [0.1, 0.15) is 36.7 Å². The van der Waals surface area contributed by atoms with Gasteiger partial charge < -0.3 is 10.3 Å². The third-order valence-electron chi connectivity index (χ3n) is 3.40. The van der Waals surface area contributed by atoms with Crippen LogP contribution >= 0.6 is 0 Å². The first kappa shape index (κ1) is 13.6. The second kappa shape index (κ2) is 5.41. The number of benzene rings is 1. The van der Waals surface area contributed by atoms with E-state index in [1.807, 2.05) is 32.2 Å². The Balaban J connectivity index is 2.68. The van der Waals surface area contributed by atoms with Crippen molar-refractivity contribution in [2.45, 2.75) is 33.2 Å². The quantitative estimate of drug-likeness (QED) is 0.918. The van der Waals surface area contributed by atoms with Gasteiger partial charge in [0, 0.05) is 35.2 Å². The Labute approximate surface area is 113 Å². The van der Waals surface area contributed by atoms with E-state index in [2.05, 4.69) is 23.6 Å². The molecule has 0 aliphatic carbocycles. The third kappa shape index (κ3) is 2.61. The Morgan fingerprint density at radius 2 is 2.00 bits per heavy atom. The molecule has 2 aromatic rings. The molecule has 2 N–H and O–H groups in total. The minimum absolute atomic E-state index is 0.0118. The molecule has 100 valence electrons. The average Bonchev–Trinajstić information content (AvgIpc) is 2.38. The molecule has 3 heteroatoms. The maximum atomic E-state index is 11.9.